The summed E-state index contributed by atoms with van der Waals surface area (Å²) in [5, 5.41) is 2.72. The van der Waals surface area contributed by atoms with Crippen molar-refractivity contribution in [3.05, 3.63) is 71.8 Å². The van der Waals surface area contributed by atoms with Gasteiger partial charge in [0.1, 0.15) is 0 Å². The monoisotopic (exact) mass is 301 g/mol. The lowest BCUT2D eigenvalue weighted by molar-refractivity contribution is -0.119. The van der Waals surface area contributed by atoms with Crippen molar-refractivity contribution in [1.82, 2.24) is 5.32 Å². The van der Waals surface area contributed by atoms with Gasteiger partial charge in [-0.2, -0.15) is 0 Å². The first-order valence-corrected chi connectivity index (χ1v) is 7.53. The van der Waals surface area contributed by atoms with Gasteiger partial charge in [-0.3, -0.25) is 4.79 Å². The Bertz CT molecular complexity index is 483. The van der Waals surface area contributed by atoms with E-state index in [0.717, 1.165) is 5.56 Å². The number of benzene rings is 2. The fraction of sp³-hybridized carbons (Fsp3) is 0.316. The van der Waals surface area contributed by atoms with Crippen molar-refractivity contribution in [1.29, 1.82) is 0 Å². The van der Waals surface area contributed by atoms with Gasteiger partial charge in [0, 0.05) is 20.6 Å². The Morgan fingerprint density at radius 1 is 0.909 bits per heavy atom. The molecule has 0 aliphatic carbocycles. The second-order valence-electron chi connectivity index (χ2n) is 4.31. The zero-order valence-corrected chi connectivity index (χ0v) is 14.0. The quantitative estimate of drug-likeness (QED) is 0.920. The second kappa shape index (κ2) is 13.8. The number of carbonyl (C=O) groups excluding carboxylic acids is 1. The summed E-state index contributed by atoms with van der Waals surface area (Å²) in [7, 11) is 1.70. The molecule has 1 amide bonds. The molecule has 0 unspecified atom stereocenters. The number of methoxy groups -OCH3 is 1. The lowest BCUT2D eigenvalue weighted by atomic mass is 10.2. The van der Waals surface area contributed by atoms with Crippen LogP contribution in [0.4, 0.5) is 0 Å². The Morgan fingerprint density at radius 3 is 1.77 bits per heavy atom. The average molecular weight is 301 g/mol. The molecule has 2 aromatic rings. The minimum Gasteiger partial charge on any atom is -0.380 e. The highest BCUT2D eigenvalue weighted by Gasteiger charge is 1.91. The number of amides is 1. The minimum atomic E-state index is 0.00820. The molecule has 120 valence electrons. The summed E-state index contributed by atoms with van der Waals surface area (Å²) in [6.07, 6.45) is 0. The predicted octanol–water partition coefficient (Wildman–Crippen LogP) is 4.18. The summed E-state index contributed by atoms with van der Waals surface area (Å²) in [6, 6.07) is 19.9. The van der Waals surface area contributed by atoms with Crippen LogP contribution in [-0.2, 0) is 22.7 Å². The molecule has 1 N–H and O–H groups in total. The van der Waals surface area contributed by atoms with Crippen LogP contribution < -0.4 is 5.32 Å². The predicted molar refractivity (Wildman–Crippen MR) is 92.5 cm³/mol. The lowest BCUT2D eigenvalue weighted by Crippen LogP contribution is -2.18. The molecular weight excluding hydrogens is 274 g/mol. The normalized spacial score (nSPS) is 8.73. The van der Waals surface area contributed by atoms with Gasteiger partial charge in [0.25, 0.3) is 0 Å². The number of ether oxygens (including phenoxy) is 1. The van der Waals surface area contributed by atoms with Crippen molar-refractivity contribution < 1.29 is 9.53 Å². The maximum atomic E-state index is 10.5. The third-order valence-corrected chi connectivity index (χ3v) is 2.54. The third-order valence-electron chi connectivity index (χ3n) is 2.54. The largest absolute Gasteiger partial charge is 0.380 e. The van der Waals surface area contributed by atoms with E-state index >= 15 is 0 Å². The molecule has 0 atom stereocenters. The van der Waals surface area contributed by atoms with Gasteiger partial charge in [-0.15, -0.1) is 0 Å². The first-order chi connectivity index (χ1) is 10.7. The van der Waals surface area contributed by atoms with E-state index in [0.29, 0.717) is 13.2 Å². The van der Waals surface area contributed by atoms with E-state index in [9.17, 15) is 4.79 Å². The van der Waals surface area contributed by atoms with Gasteiger partial charge in [0.05, 0.1) is 6.61 Å². The van der Waals surface area contributed by atoms with Crippen LogP contribution in [0.1, 0.15) is 31.9 Å². The summed E-state index contributed by atoms with van der Waals surface area (Å²) in [5.41, 5.74) is 2.35. The zero-order chi connectivity index (χ0) is 16.6. The number of rotatable bonds is 4. The highest BCUT2D eigenvalue weighted by atomic mass is 16.5. The number of hydrogen-bond donors (Lipinski definition) is 1. The molecular formula is C19H27NO2. The van der Waals surface area contributed by atoms with Crippen LogP contribution in [-0.4, -0.2) is 13.0 Å². The molecule has 0 heterocycles. The van der Waals surface area contributed by atoms with Crippen molar-refractivity contribution in [2.75, 3.05) is 7.11 Å². The van der Waals surface area contributed by atoms with Crippen molar-refractivity contribution in [2.45, 2.75) is 33.9 Å². The molecule has 0 radical (unpaired) electrons. The highest BCUT2D eigenvalue weighted by molar-refractivity contribution is 5.72. The van der Waals surface area contributed by atoms with Gasteiger partial charge in [-0.05, 0) is 11.1 Å². The van der Waals surface area contributed by atoms with Gasteiger partial charge in [-0.25, -0.2) is 0 Å². The summed E-state index contributed by atoms with van der Waals surface area (Å²) >= 11 is 0. The van der Waals surface area contributed by atoms with Gasteiger partial charge >= 0.3 is 0 Å². The van der Waals surface area contributed by atoms with E-state index in [2.05, 4.69) is 5.32 Å². The first-order valence-electron chi connectivity index (χ1n) is 7.53. The van der Waals surface area contributed by atoms with Crippen LogP contribution in [0, 0.1) is 0 Å². The van der Waals surface area contributed by atoms with Crippen LogP contribution in [0.3, 0.4) is 0 Å². The molecule has 0 fully saturated rings. The van der Waals surface area contributed by atoms with Crippen LogP contribution in [0.2, 0.25) is 0 Å². The van der Waals surface area contributed by atoms with Crippen LogP contribution in [0.25, 0.3) is 0 Å². The standard InChI is InChI=1S/C9H11NO.C8H10O.C2H6/c1-8(11)10-7-9-5-3-2-4-6-9;1-9-7-8-5-3-2-4-6-8;1-2/h2-6H,7H2,1H3,(H,10,11);2-6H,7H2,1H3;1-2H3. The topological polar surface area (TPSA) is 38.3 Å². The van der Waals surface area contributed by atoms with E-state index in [1.54, 1.807) is 7.11 Å². The molecule has 2 aromatic carbocycles. The Labute approximate surface area is 134 Å². The van der Waals surface area contributed by atoms with Crippen molar-refractivity contribution >= 4 is 5.91 Å². The first kappa shape index (κ1) is 19.9. The molecule has 22 heavy (non-hydrogen) atoms. The lowest BCUT2D eigenvalue weighted by Gasteiger charge is -2.00. The van der Waals surface area contributed by atoms with E-state index in [1.807, 2.05) is 74.5 Å². The maximum absolute atomic E-state index is 10.5. The Kier molecular flexibility index (Phi) is 12.5. The highest BCUT2D eigenvalue weighted by Crippen LogP contribution is 1.98. The SMILES string of the molecule is CC.CC(=O)NCc1ccccc1.COCc1ccccc1. The third kappa shape index (κ3) is 10.6. The molecule has 0 saturated heterocycles. The van der Waals surface area contributed by atoms with Crippen molar-refractivity contribution in [2.24, 2.45) is 0 Å². The van der Waals surface area contributed by atoms with E-state index in [4.69, 9.17) is 4.74 Å². The summed E-state index contributed by atoms with van der Waals surface area (Å²) in [4.78, 5) is 10.5. The van der Waals surface area contributed by atoms with E-state index in [1.165, 1.54) is 12.5 Å². The van der Waals surface area contributed by atoms with Crippen LogP contribution >= 0.6 is 0 Å². The molecule has 0 aliphatic heterocycles. The van der Waals surface area contributed by atoms with Crippen LogP contribution in [0.15, 0.2) is 60.7 Å². The molecule has 0 aliphatic rings. The molecule has 2 rings (SSSR count). The average Bonchev–Trinajstić information content (AvgIpc) is 2.58. The fourth-order valence-corrected chi connectivity index (χ4v) is 1.56. The summed E-state index contributed by atoms with van der Waals surface area (Å²) in [5.74, 6) is 0.00820. The summed E-state index contributed by atoms with van der Waals surface area (Å²) < 4.78 is 4.93. The molecule has 3 heteroatoms. The molecule has 0 bridgehead atoms. The number of hydrogen-bond acceptors (Lipinski definition) is 2. The molecule has 3 nitrogen and oxygen atoms in total. The smallest absolute Gasteiger partial charge is 0.217 e. The molecule has 0 aromatic heterocycles. The number of nitrogens with one attached hydrogen (secondary N) is 1. The minimum absolute atomic E-state index is 0.00820. The van der Waals surface area contributed by atoms with Crippen molar-refractivity contribution in [3.8, 4) is 0 Å². The fourth-order valence-electron chi connectivity index (χ4n) is 1.56. The Balaban J connectivity index is 0.000000366. The van der Waals surface area contributed by atoms with Crippen LogP contribution in [0.5, 0.6) is 0 Å². The van der Waals surface area contributed by atoms with E-state index in [-0.39, 0.29) is 5.91 Å². The molecule has 0 saturated carbocycles. The van der Waals surface area contributed by atoms with Gasteiger partial charge in [0.2, 0.25) is 5.91 Å². The maximum Gasteiger partial charge on any atom is 0.217 e. The summed E-state index contributed by atoms with van der Waals surface area (Å²) in [6.45, 7) is 6.85. The van der Waals surface area contributed by atoms with Gasteiger partial charge < -0.3 is 10.1 Å². The molecule has 0 spiro atoms. The van der Waals surface area contributed by atoms with Gasteiger partial charge in [0.15, 0.2) is 0 Å². The second-order valence-corrected chi connectivity index (χ2v) is 4.31. The van der Waals surface area contributed by atoms with Gasteiger partial charge in [-0.1, -0.05) is 74.5 Å². The number of carbonyl (C=O) groups is 1. The van der Waals surface area contributed by atoms with Crippen molar-refractivity contribution in [3.63, 3.8) is 0 Å². The Morgan fingerprint density at radius 2 is 1.36 bits per heavy atom. The zero-order valence-electron chi connectivity index (χ0n) is 14.0. The Hall–Kier alpha value is -2.13. The van der Waals surface area contributed by atoms with E-state index < -0.39 is 0 Å².